The molecule has 6 nitrogen and oxygen atoms in total. The average Bonchev–Trinajstić information content (AvgIpc) is 2.87. The molecule has 0 bridgehead atoms. The molecule has 176 valence electrons. The summed E-state index contributed by atoms with van der Waals surface area (Å²) >= 11 is 0. The molecular formula is C28H30N2O4. The lowest BCUT2D eigenvalue weighted by molar-refractivity contribution is -0.121. The van der Waals surface area contributed by atoms with Crippen molar-refractivity contribution in [2.75, 3.05) is 30.0 Å². The van der Waals surface area contributed by atoms with Gasteiger partial charge in [0.25, 0.3) is 5.91 Å². The number of anilines is 2. The summed E-state index contributed by atoms with van der Waals surface area (Å²) in [5, 5.41) is 2.94. The Morgan fingerprint density at radius 3 is 2.59 bits per heavy atom. The van der Waals surface area contributed by atoms with Crippen LogP contribution in [0.1, 0.15) is 30.9 Å². The maximum absolute atomic E-state index is 12.6. The Labute approximate surface area is 200 Å². The topological polar surface area (TPSA) is 67.9 Å². The molecular weight excluding hydrogens is 428 g/mol. The number of ether oxygens (including phenoxy) is 2. The van der Waals surface area contributed by atoms with Gasteiger partial charge in [0.2, 0.25) is 5.91 Å². The molecule has 0 aliphatic carbocycles. The Kier molecular flexibility index (Phi) is 7.81. The van der Waals surface area contributed by atoms with E-state index in [-0.39, 0.29) is 18.4 Å². The number of aryl methyl sites for hydroxylation is 2. The monoisotopic (exact) mass is 458 g/mol. The fraction of sp³-hybridized carbons (Fsp3) is 0.286. The summed E-state index contributed by atoms with van der Waals surface area (Å²) in [5.41, 5.74) is 3.71. The zero-order valence-electron chi connectivity index (χ0n) is 19.5. The Bertz CT molecular complexity index is 1110. The Balaban J connectivity index is 1.33. The van der Waals surface area contributed by atoms with E-state index in [1.54, 1.807) is 23.1 Å². The number of amides is 2. The van der Waals surface area contributed by atoms with Crippen LogP contribution in [0.2, 0.25) is 0 Å². The summed E-state index contributed by atoms with van der Waals surface area (Å²) in [6.07, 6.45) is 2.73. The van der Waals surface area contributed by atoms with Crippen LogP contribution in [-0.2, 0) is 22.4 Å². The summed E-state index contributed by atoms with van der Waals surface area (Å²) in [4.78, 5) is 26.7. The van der Waals surface area contributed by atoms with Crippen LogP contribution in [0.3, 0.4) is 0 Å². The molecule has 0 atom stereocenters. The van der Waals surface area contributed by atoms with Crippen LogP contribution in [0.5, 0.6) is 11.5 Å². The van der Waals surface area contributed by atoms with Crippen molar-refractivity contribution in [3.63, 3.8) is 0 Å². The number of rotatable bonds is 10. The van der Waals surface area contributed by atoms with E-state index in [9.17, 15) is 9.59 Å². The number of fused-ring (bicyclic) bond motifs is 1. The molecule has 3 aromatic carbocycles. The Hall–Kier alpha value is -3.80. The second-order valence-electron chi connectivity index (χ2n) is 8.25. The first-order valence-electron chi connectivity index (χ1n) is 11.7. The van der Waals surface area contributed by atoms with Gasteiger partial charge in [-0.1, -0.05) is 49.4 Å². The molecule has 0 spiro atoms. The Morgan fingerprint density at radius 2 is 1.82 bits per heavy atom. The van der Waals surface area contributed by atoms with E-state index >= 15 is 0 Å². The third-order valence-corrected chi connectivity index (χ3v) is 5.80. The molecule has 0 unspecified atom stereocenters. The largest absolute Gasteiger partial charge is 0.494 e. The molecule has 6 heteroatoms. The van der Waals surface area contributed by atoms with Crippen LogP contribution in [-0.4, -0.2) is 31.6 Å². The molecule has 2 amide bonds. The molecule has 0 saturated carbocycles. The molecule has 0 radical (unpaired) electrons. The second kappa shape index (κ2) is 11.4. The van der Waals surface area contributed by atoms with Gasteiger partial charge in [-0.2, -0.15) is 0 Å². The second-order valence-corrected chi connectivity index (χ2v) is 8.25. The quantitative estimate of drug-likeness (QED) is 0.434. The van der Waals surface area contributed by atoms with Crippen LogP contribution < -0.4 is 19.7 Å². The maximum atomic E-state index is 12.6. The molecule has 1 heterocycles. The summed E-state index contributed by atoms with van der Waals surface area (Å²) < 4.78 is 11.4. The number of benzene rings is 3. The number of nitrogens with zero attached hydrogens (tertiary/aromatic N) is 1. The standard InChI is InChI=1S/C28H30N2O4/c1-2-21-9-13-24(14-10-21)33-18-6-17-30-25-19-23(12-15-26(25)34-20-28(30)32)29-27(31)16-11-22-7-4-3-5-8-22/h3-5,7-10,12-15,19H,2,6,11,16-18,20H2,1H3,(H,29,31). The summed E-state index contributed by atoms with van der Waals surface area (Å²) in [5.74, 6) is 1.29. The summed E-state index contributed by atoms with van der Waals surface area (Å²) in [7, 11) is 0. The number of hydrogen-bond donors (Lipinski definition) is 1. The lowest BCUT2D eigenvalue weighted by Gasteiger charge is -2.30. The van der Waals surface area contributed by atoms with Gasteiger partial charge in [0.05, 0.1) is 12.3 Å². The lowest BCUT2D eigenvalue weighted by Crippen LogP contribution is -2.39. The van der Waals surface area contributed by atoms with Gasteiger partial charge in [-0.05, 0) is 60.7 Å². The highest BCUT2D eigenvalue weighted by atomic mass is 16.5. The van der Waals surface area contributed by atoms with Gasteiger partial charge in [0, 0.05) is 18.7 Å². The SMILES string of the molecule is CCc1ccc(OCCCN2C(=O)COc3ccc(NC(=O)CCc4ccccc4)cc32)cc1. The van der Waals surface area contributed by atoms with E-state index < -0.39 is 0 Å². The molecule has 4 rings (SSSR count). The van der Waals surface area contributed by atoms with E-state index in [4.69, 9.17) is 9.47 Å². The van der Waals surface area contributed by atoms with E-state index in [1.165, 1.54) is 5.56 Å². The first kappa shape index (κ1) is 23.4. The highest BCUT2D eigenvalue weighted by Gasteiger charge is 2.25. The zero-order valence-corrected chi connectivity index (χ0v) is 19.5. The first-order valence-corrected chi connectivity index (χ1v) is 11.7. The minimum absolute atomic E-state index is 0.00905. The number of carbonyl (C=O) groups excluding carboxylic acids is 2. The van der Waals surface area contributed by atoms with Crippen molar-refractivity contribution >= 4 is 23.2 Å². The average molecular weight is 459 g/mol. The van der Waals surface area contributed by atoms with E-state index in [0.717, 1.165) is 17.7 Å². The zero-order chi connectivity index (χ0) is 23.8. The number of hydrogen-bond acceptors (Lipinski definition) is 4. The highest BCUT2D eigenvalue weighted by Crippen LogP contribution is 2.34. The molecule has 1 aliphatic heterocycles. The van der Waals surface area contributed by atoms with Crippen LogP contribution in [0.4, 0.5) is 11.4 Å². The van der Waals surface area contributed by atoms with E-state index in [1.807, 2.05) is 42.5 Å². The maximum Gasteiger partial charge on any atom is 0.265 e. The minimum Gasteiger partial charge on any atom is -0.494 e. The van der Waals surface area contributed by atoms with E-state index in [2.05, 4.69) is 24.4 Å². The summed E-state index contributed by atoms with van der Waals surface area (Å²) in [6.45, 7) is 3.14. The molecule has 0 aromatic heterocycles. The van der Waals surface area contributed by atoms with Crippen molar-refractivity contribution in [1.29, 1.82) is 0 Å². The van der Waals surface area contributed by atoms with E-state index in [0.29, 0.717) is 49.5 Å². The molecule has 3 aromatic rings. The fourth-order valence-corrected chi connectivity index (χ4v) is 3.89. The lowest BCUT2D eigenvalue weighted by atomic mass is 10.1. The van der Waals surface area contributed by atoms with Crippen molar-refractivity contribution < 1.29 is 19.1 Å². The first-order chi connectivity index (χ1) is 16.6. The van der Waals surface area contributed by atoms with Gasteiger partial charge in [-0.15, -0.1) is 0 Å². The van der Waals surface area contributed by atoms with Crippen molar-refractivity contribution in [3.05, 3.63) is 83.9 Å². The van der Waals surface area contributed by atoms with Crippen molar-refractivity contribution in [1.82, 2.24) is 0 Å². The Morgan fingerprint density at radius 1 is 1.03 bits per heavy atom. The fourth-order valence-electron chi connectivity index (χ4n) is 3.89. The molecule has 1 aliphatic rings. The van der Waals surface area contributed by atoms with Crippen molar-refractivity contribution in [2.24, 2.45) is 0 Å². The third kappa shape index (κ3) is 6.16. The molecule has 1 N–H and O–H groups in total. The third-order valence-electron chi connectivity index (χ3n) is 5.80. The molecule has 34 heavy (non-hydrogen) atoms. The number of nitrogens with one attached hydrogen (secondary N) is 1. The van der Waals surface area contributed by atoms with Crippen LogP contribution >= 0.6 is 0 Å². The van der Waals surface area contributed by atoms with Gasteiger partial charge < -0.3 is 19.7 Å². The summed E-state index contributed by atoms with van der Waals surface area (Å²) in [6, 6.07) is 23.4. The minimum atomic E-state index is -0.104. The molecule has 0 fully saturated rings. The predicted molar refractivity (Wildman–Crippen MR) is 134 cm³/mol. The van der Waals surface area contributed by atoms with Crippen molar-refractivity contribution in [2.45, 2.75) is 32.6 Å². The highest BCUT2D eigenvalue weighted by molar-refractivity contribution is 5.99. The van der Waals surface area contributed by atoms with Gasteiger partial charge in [-0.25, -0.2) is 0 Å². The predicted octanol–water partition coefficient (Wildman–Crippen LogP) is 5.01. The van der Waals surface area contributed by atoms with Gasteiger partial charge >= 0.3 is 0 Å². The van der Waals surface area contributed by atoms with Gasteiger partial charge in [-0.3, -0.25) is 9.59 Å². The van der Waals surface area contributed by atoms with Crippen LogP contribution in [0.15, 0.2) is 72.8 Å². The normalized spacial score (nSPS) is 12.6. The van der Waals surface area contributed by atoms with Crippen LogP contribution in [0.25, 0.3) is 0 Å². The van der Waals surface area contributed by atoms with Gasteiger partial charge in [0.15, 0.2) is 6.61 Å². The number of carbonyl (C=O) groups is 2. The van der Waals surface area contributed by atoms with Crippen molar-refractivity contribution in [3.8, 4) is 11.5 Å². The smallest absolute Gasteiger partial charge is 0.265 e. The van der Waals surface area contributed by atoms with Gasteiger partial charge in [0.1, 0.15) is 11.5 Å². The molecule has 0 saturated heterocycles. The van der Waals surface area contributed by atoms with Crippen LogP contribution in [0, 0.1) is 0 Å².